The molecule has 0 heterocycles. The molecule has 0 saturated carbocycles. The predicted octanol–water partition coefficient (Wildman–Crippen LogP) is 21.4. The number of hydrogen-bond donors (Lipinski definition) is 0. The number of hydrogen-bond acceptors (Lipinski definition) is 23. The van der Waals surface area contributed by atoms with Gasteiger partial charge >= 0.3 is 47.8 Å². The zero-order valence-electron chi connectivity index (χ0n) is 74.3. The van der Waals surface area contributed by atoms with Crippen molar-refractivity contribution >= 4 is 94.8 Å². The summed E-state index contributed by atoms with van der Waals surface area (Å²) in [5, 5.41) is 0. The van der Waals surface area contributed by atoms with E-state index in [1.807, 2.05) is 44.5 Å². The molecule has 0 aliphatic rings. The van der Waals surface area contributed by atoms with Crippen molar-refractivity contribution < 1.29 is 76.3 Å². The topological polar surface area (TPSA) is 220 Å². The quantitative estimate of drug-likeness (QED) is 0.0314. The number of unbranched alkanes of at least 4 members (excludes halogenated alkanes) is 36. The van der Waals surface area contributed by atoms with E-state index in [4.69, 9.17) is 37.9 Å². The first-order chi connectivity index (χ1) is 55.5. The molecule has 0 aromatic rings. The number of carbonyl (C=O) groups is 8. The fraction of sp³-hybridized carbons (Fsp3) is 0.912. The highest BCUT2D eigenvalue weighted by Gasteiger charge is 2.21. The standard InChI is InChI=1S/C91H171N3O16S4/c1-10-14-18-22-26-30-34-38-42-46-72-111-76-80(5)88(99)107-68-64-103-84(95)52-60-93(61-53-85(96)104-65-69-108-89(100)81(6)77-112-73-47-43-39-35-31-27-23-19-15-11-2)58-50-56-92(9)57-51-59-94(62-54-86(97)105-66-70-109-90(101)82(7)78-113-74-48-44-40-36-32-28-24-20-16-12-3)63-55-87(98)106-67-71-110-91(102)83(8)79-114-75-49-45-41-37-33-29-25-21-17-13-4/h80-83H,10-79H2,1-9H3. The number of ether oxygens (including phenoxy) is 8. The van der Waals surface area contributed by atoms with E-state index in [-0.39, 0.29) is 126 Å². The Kier molecular flexibility index (Phi) is 82.8. The van der Waals surface area contributed by atoms with Crippen LogP contribution in [0.15, 0.2) is 0 Å². The summed E-state index contributed by atoms with van der Waals surface area (Å²) in [6, 6.07) is 0. The minimum absolute atomic E-state index is 0.0273. The van der Waals surface area contributed by atoms with Crippen molar-refractivity contribution in [2.45, 2.75) is 351 Å². The second-order valence-electron chi connectivity index (χ2n) is 31.9. The highest BCUT2D eigenvalue weighted by atomic mass is 32.2. The van der Waals surface area contributed by atoms with E-state index >= 15 is 0 Å². The molecule has 0 bridgehead atoms. The van der Waals surface area contributed by atoms with E-state index in [1.165, 1.54) is 231 Å². The Bertz CT molecular complexity index is 1970. The molecule has 0 aromatic heterocycles. The van der Waals surface area contributed by atoms with E-state index < -0.39 is 23.9 Å². The lowest BCUT2D eigenvalue weighted by Crippen LogP contribution is -2.34. The Morgan fingerprint density at radius 3 is 0.596 bits per heavy atom. The normalized spacial score (nSPS) is 12.6. The van der Waals surface area contributed by atoms with Crippen LogP contribution in [0.2, 0.25) is 0 Å². The van der Waals surface area contributed by atoms with Crippen LogP contribution in [0.25, 0.3) is 0 Å². The summed E-state index contributed by atoms with van der Waals surface area (Å²) in [5.41, 5.74) is 0. The van der Waals surface area contributed by atoms with Gasteiger partial charge in [-0.1, -0.05) is 287 Å². The highest BCUT2D eigenvalue weighted by Crippen LogP contribution is 2.21. The van der Waals surface area contributed by atoms with Crippen molar-refractivity contribution in [2.75, 3.05) is 158 Å². The molecule has 0 fully saturated rings. The average molecular weight is 1690 g/mol. The Morgan fingerprint density at radius 2 is 0.404 bits per heavy atom. The van der Waals surface area contributed by atoms with Crippen molar-refractivity contribution in [1.29, 1.82) is 0 Å². The van der Waals surface area contributed by atoms with E-state index in [0.717, 1.165) is 48.7 Å². The summed E-state index contributed by atoms with van der Waals surface area (Å²) in [5.74, 6) is 2.79. The first kappa shape index (κ1) is 111. The fourth-order valence-electron chi connectivity index (χ4n) is 13.0. The van der Waals surface area contributed by atoms with Gasteiger partial charge in [-0.25, -0.2) is 0 Å². The zero-order chi connectivity index (χ0) is 83.6. The molecule has 4 atom stereocenters. The second kappa shape index (κ2) is 85.0. The Hall–Kier alpha value is -2.96. The summed E-state index contributed by atoms with van der Waals surface area (Å²) >= 11 is 7.12. The molecule has 23 heteroatoms. The van der Waals surface area contributed by atoms with Gasteiger partial charge in [-0.2, -0.15) is 47.0 Å². The molecule has 0 amide bonds. The molecule has 19 nitrogen and oxygen atoms in total. The maximum Gasteiger partial charge on any atom is 0.309 e. The molecular weight excluding hydrogens is 1520 g/mol. The lowest BCUT2D eigenvalue weighted by Gasteiger charge is -2.25. The molecule has 670 valence electrons. The second-order valence-corrected chi connectivity index (χ2v) is 36.5. The van der Waals surface area contributed by atoms with Crippen molar-refractivity contribution in [2.24, 2.45) is 23.7 Å². The van der Waals surface area contributed by atoms with Crippen LogP contribution in [0.3, 0.4) is 0 Å². The van der Waals surface area contributed by atoms with Gasteiger partial charge in [-0.15, -0.1) is 0 Å². The van der Waals surface area contributed by atoms with Gasteiger partial charge in [0.25, 0.3) is 0 Å². The van der Waals surface area contributed by atoms with Crippen LogP contribution in [0.1, 0.15) is 351 Å². The molecule has 0 radical (unpaired) electrons. The number of nitrogens with zero attached hydrogens (tertiary/aromatic N) is 3. The van der Waals surface area contributed by atoms with Crippen LogP contribution in [0, 0.1) is 23.7 Å². The maximum absolute atomic E-state index is 13.1. The van der Waals surface area contributed by atoms with Gasteiger partial charge in [0.1, 0.15) is 52.9 Å². The molecule has 114 heavy (non-hydrogen) atoms. The first-order valence-corrected chi connectivity index (χ1v) is 50.8. The molecule has 0 spiro atoms. The highest BCUT2D eigenvalue weighted by molar-refractivity contribution is 7.99. The third-order valence-corrected chi connectivity index (χ3v) is 25.8. The van der Waals surface area contributed by atoms with Crippen LogP contribution < -0.4 is 0 Å². The molecule has 0 aliphatic carbocycles. The van der Waals surface area contributed by atoms with E-state index in [2.05, 4.69) is 32.6 Å². The van der Waals surface area contributed by atoms with Gasteiger partial charge in [-0.05, 0) is 94.8 Å². The maximum atomic E-state index is 13.1. The molecule has 0 aliphatic heterocycles. The summed E-state index contributed by atoms with van der Waals surface area (Å²) in [6.45, 7) is 20.0. The van der Waals surface area contributed by atoms with Crippen LogP contribution in [-0.4, -0.2) is 221 Å². The number of esters is 8. The zero-order valence-corrected chi connectivity index (χ0v) is 77.6. The lowest BCUT2D eigenvalue weighted by molar-refractivity contribution is -0.154. The number of thioether (sulfide) groups is 4. The van der Waals surface area contributed by atoms with Gasteiger partial charge in [0.2, 0.25) is 0 Å². The van der Waals surface area contributed by atoms with E-state index in [0.29, 0.717) is 88.2 Å². The Morgan fingerprint density at radius 1 is 0.228 bits per heavy atom. The van der Waals surface area contributed by atoms with Gasteiger partial charge in [0, 0.05) is 49.2 Å². The van der Waals surface area contributed by atoms with Gasteiger partial charge in [-0.3, -0.25) is 38.4 Å². The van der Waals surface area contributed by atoms with E-state index in [9.17, 15) is 38.4 Å². The molecular formula is C91H171N3O16S4. The van der Waals surface area contributed by atoms with Crippen molar-refractivity contribution in [1.82, 2.24) is 14.7 Å². The summed E-state index contributed by atoms with van der Waals surface area (Å²) in [6.07, 6.45) is 53.2. The average Bonchev–Trinajstić information content (AvgIpc) is 0.986. The Labute approximate surface area is 714 Å². The Balaban J connectivity index is 5.54. The summed E-state index contributed by atoms with van der Waals surface area (Å²) < 4.78 is 44.0. The van der Waals surface area contributed by atoms with E-state index in [1.54, 1.807) is 47.0 Å². The molecule has 0 rings (SSSR count). The minimum Gasteiger partial charge on any atom is -0.462 e. The fourth-order valence-corrected chi connectivity index (χ4v) is 17.3. The largest absolute Gasteiger partial charge is 0.462 e. The smallest absolute Gasteiger partial charge is 0.309 e. The van der Waals surface area contributed by atoms with Crippen LogP contribution in [-0.2, 0) is 76.3 Å². The third kappa shape index (κ3) is 76.4. The van der Waals surface area contributed by atoms with Crippen molar-refractivity contribution in [3.63, 3.8) is 0 Å². The molecule has 0 aromatic carbocycles. The van der Waals surface area contributed by atoms with Crippen LogP contribution >= 0.6 is 47.0 Å². The lowest BCUT2D eigenvalue weighted by atomic mass is 10.1. The molecule has 4 unspecified atom stereocenters. The van der Waals surface area contributed by atoms with Crippen molar-refractivity contribution in [3.05, 3.63) is 0 Å². The summed E-state index contributed by atoms with van der Waals surface area (Å²) in [7, 11) is 2.02. The van der Waals surface area contributed by atoms with Gasteiger partial charge in [0.15, 0.2) is 0 Å². The summed E-state index contributed by atoms with van der Waals surface area (Å²) in [4.78, 5) is 110. The first-order valence-electron chi connectivity index (χ1n) is 46.2. The predicted molar refractivity (Wildman–Crippen MR) is 479 cm³/mol. The number of rotatable bonds is 88. The molecule has 0 saturated heterocycles. The van der Waals surface area contributed by atoms with Crippen LogP contribution in [0.4, 0.5) is 0 Å². The monoisotopic (exact) mass is 1690 g/mol. The van der Waals surface area contributed by atoms with Gasteiger partial charge in [0.05, 0.1) is 49.4 Å². The van der Waals surface area contributed by atoms with Crippen molar-refractivity contribution in [3.8, 4) is 0 Å². The van der Waals surface area contributed by atoms with Crippen LogP contribution in [0.5, 0.6) is 0 Å². The molecule has 0 N–H and O–H groups in total. The van der Waals surface area contributed by atoms with Gasteiger partial charge < -0.3 is 52.6 Å². The third-order valence-electron chi connectivity index (χ3n) is 20.6. The SMILES string of the molecule is CCCCCCCCCCCCSCC(C)C(=O)OCCOC(=O)CCN(CCCN(C)CCCN(CCC(=O)OCCOC(=O)C(C)CSCCCCCCCCCCCC)CCC(=O)OCCOC(=O)C(C)CSCCCCCCCCCCCC)CCC(=O)OCCOC(=O)C(C)CSCCCCCCCCCCCC. The minimum atomic E-state index is -0.440. The number of carbonyl (C=O) groups excluding carboxylic acids is 8.